The number of ketones is 1. The van der Waals surface area contributed by atoms with Crippen molar-refractivity contribution in [2.24, 2.45) is 0 Å². The monoisotopic (exact) mass is 282 g/mol. The molecule has 19 heavy (non-hydrogen) atoms. The zero-order chi connectivity index (χ0) is 14.1. The highest BCUT2D eigenvalue weighted by Gasteiger charge is 2.19. The van der Waals surface area contributed by atoms with E-state index in [4.69, 9.17) is 21.1 Å². The summed E-state index contributed by atoms with van der Waals surface area (Å²) < 4.78 is 9.99. The molecule has 5 heteroatoms. The molecule has 0 aliphatic heterocycles. The van der Waals surface area contributed by atoms with Gasteiger partial charge in [-0.05, 0) is 12.5 Å². The number of ether oxygens (including phenoxy) is 2. The van der Waals surface area contributed by atoms with E-state index in [1.54, 1.807) is 6.92 Å². The van der Waals surface area contributed by atoms with Gasteiger partial charge in [-0.3, -0.25) is 4.79 Å². The summed E-state index contributed by atoms with van der Waals surface area (Å²) >= 11 is 5.43. The van der Waals surface area contributed by atoms with E-state index in [0.29, 0.717) is 6.61 Å². The average Bonchev–Trinajstić information content (AvgIpc) is 2.46. The maximum atomic E-state index is 11.8. The number of hydrogen-bond acceptors (Lipinski definition) is 4. The molecule has 0 aliphatic carbocycles. The van der Waals surface area contributed by atoms with Crippen LogP contribution in [-0.2, 0) is 25.7 Å². The first-order valence-corrected chi connectivity index (χ1v) is 6.34. The third-order valence-electron chi connectivity index (χ3n) is 2.22. The number of rotatable bonds is 7. The molecular formula is C14H15ClO4. The van der Waals surface area contributed by atoms with Crippen LogP contribution in [0.5, 0.6) is 0 Å². The summed E-state index contributed by atoms with van der Waals surface area (Å²) in [6.07, 6.45) is 1.10. The molecule has 4 nitrogen and oxygen atoms in total. The van der Waals surface area contributed by atoms with Gasteiger partial charge in [0.15, 0.2) is 5.78 Å². The first-order valence-electron chi connectivity index (χ1n) is 5.81. The molecule has 102 valence electrons. The normalized spacial score (nSPS) is 10.9. The average molecular weight is 283 g/mol. The highest BCUT2D eigenvalue weighted by Crippen LogP contribution is 2.07. The summed E-state index contributed by atoms with van der Waals surface area (Å²) in [5.41, 5.74) is 0.665. The Bertz CT molecular complexity index is 454. The molecule has 0 amide bonds. The summed E-state index contributed by atoms with van der Waals surface area (Å²) in [5, 5.41) is 0. The lowest BCUT2D eigenvalue weighted by Gasteiger charge is -2.07. The van der Waals surface area contributed by atoms with E-state index in [1.807, 2.05) is 30.3 Å². The standard InChI is InChI=1S/C14H15ClO4/c1-2-18-10-12(13(16)8-15)14(17)19-9-11-6-4-3-5-7-11/h3-7,10H,2,8-9H2,1H3. The van der Waals surface area contributed by atoms with E-state index in [1.165, 1.54) is 0 Å². The predicted octanol–water partition coefficient (Wildman–Crippen LogP) is 2.46. The van der Waals surface area contributed by atoms with Gasteiger partial charge in [0.1, 0.15) is 18.4 Å². The van der Waals surface area contributed by atoms with Gasteiger partial charge >= 0.3 is 5.97 Å². The molecule has 0 aromatic heterocycles. The Kier molecular flexibility index (Phi) is 6.68. The summed E-state index contributed by atoms with van der Waals surface area (Å²) in [6, 6.07) is 9.18. The van der Waals surface area contributed by atoms with Crippen LogP contribution in [0, 0.1) is 0 Å². The second kappa shape index (κ2) is 8.32. The molecule has 0 radical (unpaired) electrons. The Morgan fingerprint density at radius 3 is 2.53 bits per heavy atom. The van der Waals surface area contributed by atoms with E-state index in [2.05, 4.69) is 0 Å². The number of benzene rings is 1. The van der Waals surface area contributed by atoms with Crippen LogP contribution in [-0.4, -0.2) is 24.2 Å². The van der Waals surface area contributed by atoms with Crippen molar-refractivity contribution in [3.8, 4) is 0 Å². The second-order valence-electron chi connectivity index (χ2n) is 3.61. The lowest BCUT2D eigenvalue weighted by molar-refractivity contribution is -0.141. The molecule has 0 aliphatic rings. The van der Waals surface area contributed by atoms with Gasteiger partial charge in [0, 0.05) is 0 Å². The summed E-state index contributed by atoms with van der Waals surface area (Å²) in [5.74, 6) is -1.55. The minimum Gasteiger partial charge on any atom is -0.500 e. The SMILES string of the molecule is CCOC=C(C(=O)CCl)C(=O)OCc1ccccc1. The molecule has 0 atom stereocenters. The molecule has 0 heterocycles. The Labute approximate surface area is 117 Å². The molecule has 1 rings (SSSR count). The lowest BCUT2D eigenvalue weighted by Crippen LogP contribution is -2.17. The van der Waals surface area contributed by atoms with Crippen molar-refractivity contribution < 1.29 is 19.1 Å². The van der Waals surface area contributed by atoms with Crippen LogP contribution in [0.4, 0.5) is 0 Å². The van der Waals surface area contributed by atoms with E-state index in [0.717, 1.165) is 11.8 Å². The number of halogens is 1. The third-order valence-corrected chi connectivity index (χ3v) is 2.47. The van der Waals surface area contributed by atoms with Crippen LogP contribution in [0.2, 0.25) is 0 Å². The molecule has 0 saturated carbocycles. The fraction of sp³-hybridized carbons (Fsp3) is 0.286. The number of hydrogen-bond donors (Lipinski definition) is 0. The molecule has 0 fully saturated rings. The first kappa shape index (κ1) is 15.2. The van der Waals surface area contributed by atoms with Crippen molar-refractivity contribution in [2.75, 3.05) is 12.5 Å². The van der Waals surface area contributed by atoms with Gasteiger partial charge in [-0.2, -0.15) is 0 Å². The molecule has 0 saturated heterocycles. The fourth-order valence-corrected chi connectivity index (χ4v) is 1.41. The first-order chi connectivity index (χ1) is 9.19. The highest BCUT2D eigenvalue weighted by atomic mass is 35.5. The van der Waals surface area contributed by atoms with Crippen molar-refractivity contribution in [1.82, 2.24) is 0 Å². The van der Waals surface area contributed by atoms with Gasteiger partial charge in [-0.25, -0.2) is 4.79 Å². The van der Waals surface area contributed by atoms with Crippen molar-refractivity contribution >= 4 is 23.4 Å². The van der Waals surface area contributed by atoms with Gasteiger partial charge in [-0.1, -0.05) is 30.3 Å². The van der Waals surface area contributed by atoms with Crippen LogP contribution < -0.4 is 0 Å². The third kappa shape index (κ3) is 5.14. The van der Waals surface area contributed by atoms with Gasteiger partial charge in [-0.15, -0.1) is 11.6 Å². The Balaban J connectivity index is 2.65. The van der Waals surface area contributed by atoms with Crippen LogP contribution in [0.15, 0.2) is 42.2 Å². The van der Waals surface area contributed by atoms with Gasteiger partial charge < -0.3 is 9.47 Å². The van der Waals surface area contributed by atoms with Crippen molar-refractivity contribution in [3.63, 3.8) is 0 Å². The Morgan fingerprint density at radius 1 is 1.26 bits per heavy atom. The second-order valence-corrected chi connectivity index (χ2v) is 3.87. The van der Waals surface area contributed by atoms with Gasteiger partial charge in [0.25, 0.3) is 0 Å². The Hall–Kier alpha value is -1.81. The summed E-state index contributed by atoms with van der Waals surface area (Å²) in [4.78, 5) is 23.3. The van der Waals surface area contributed by atoms with Crippen LogP contribution >= 0.6 is 11.6 Å². The smallest absolute Gasteiger partial charge is 0.345 e. The predicted molar refractivity (Wildman–Crippen MR) is 71.7 cm³/mol. The molecule has 0 N–H and O–H groups in total. The zero-order valence-electron chi connectivity index (χ0n) is 10.6. The summed E-state index contributed by atoms with van der Waals surface area (Å²) in [7, 11) is 0. The summed E-state index contributed by atoms with van der Waals surface area (Å²) in [6.45, 7) is 2.19. The van der Waals surface area contributed by atoms with Crippen LogP contribution in [0.3, 0.4) is 0 Å². The highest BCUT2D eigenvalue weighted by molar-refractivity contribution is 6.34. The Morgan fingerprint density at radius 2 is 1.95 bits per heavy atom. The quantitative estimate of drug-likeness (QED) is 0.192. The van der Waals surface area contributed by atoms with E-state index in [9.17, 15) is 9.59 Å². The zero-order valence-corrected chi connectivity index (χ0v) is 11.4. The van der Waals surface area contributed by atoms with Crippen LogP contribution in [0.25, 0.3) is 0 Å². The van der Waals surface area contributed by atoms with Crippen molar-refractivity contribution in [3.05, 3.63) is 47.7 Å². The fourth-order valence-electron chi connectivity index (χ4n) is 1.27. The number of Topliss-reactive ketones (excluding diaryl/α,β-unsaturated/α-hetero) is 1. The number of alkyl halides is 1. The molecule has 0 bridgehead atoms. The van der Waals surface area contributed by atoms with E-state index in [-0.39, 0.29) is 18.1 Å². The molecule has 0 spiro atoms. The van der Waals surface area contributed by atoms with E-state index >= 15 is 0 Å². The molecule has 0 unspecified atom stereocenters. The number of carbonyl (C=O) groups is 2. The molecule has 1 aromatic rings. The minimum absolute atomic E-state index is 0.0959. The topological polar surface area (TPSA) is 52.6 Å². The maximum Gasteiger partial charge on any atom is 0.345 e. The van der Waals surface area contributed by atoms with Crippen LogP contribution in [0.1, 0.15) is 12.5 Å². The van der Waals surface area contributed by atoms with Crippen molar-refractivity contribution in [2.45, 2.75) is 13.5 Å². The molecule has 1 aromatic carbocycles. The lowest BCUT2D eigenvalue weighted by atomic mass is 10.2. The van der Waals surface area contributed by atoms with Gasteiger partial charge in [0.05, 0.1) is 12.5 Å². The van der Waals surface area contributed by atoms with Gasteiger partial charge in [0.2, 0.25) is 0 Å². The maximum absolute atomic E-state index is 11.8. The number of carbonyl (C=O) groups excluding carboxylic acids is 2. The minimum atomic E-state index is -0.733. The molecular weight excluding hydrogens is 268 g/mol. The number of esters is 1. The van der Waals surface area contributed by atoms with E-state index < -0.39 is 11.8 Å². The largest absolute Gasteiger partial charge is 0.500 e. The van der Waals surface area contributed by atoms with Crippen molar-refractivity contribution in [1.29, 1.82) is 0 Å².